The van der Waals surface area contributed by atoms with E-state index in [0.29, 0.717) is 23.4 Å². The second-order valence-electron chi connectivity index (χ2n) is 4.66. The molecule has 0 unspecified atom stereocenters. The van der Waals surface area contributed by atoms with Crippen molar-refractivity contribution in [2.45, 2.75) is 12.4 Å². The first-order chi connectivity index (χ1) is 10.2. The van der Waals surface area contributed by atoms with Gasteiger partial charge in [0.05, 0.1) is 17.0 Å². The van der Waals surface area contributed by atoms with Crippen LogP contribution in [0.15, 0.2) is 42.5 Å². The van der Waals surface area contributed by atoms with Crippen molar-refractivity contribution >= 4 is 22.6 Å². The molecule has 0 N–H and O–H groups in total. The highest BCUT2D eigenvalue weighted by molar-refractivity contribution is 6.16. The first-order valence-corrected chi connectivity index (χ1v) is 6.95. The lowest BCUT2D eigenvalue weighted by atomic mass is 10.2. The molecule has 0 radical (unpaired) electrons. The average Bonchev–Trinajstić information content (AvgIpc) is 2.85. The summed E-state index contributed by atoms with van der Waals surface area (Å²) < 4.78 is 15.2. The molecule has 0 fully saturated rings. The van der Waals surface area contributed by atoms with E-state index in [2.05, 4.69) is 11.1 Å². The monoisotopic (exact) mass is 299 g/mol. The summed E-state index contributed by atoms with van der Waals surface area (Å²) in [6.45, 7) is 0.463. The number of benzene rings is 2. The number of nitriles is 1. The van der Waals surface area contributed by atoms with Crippen LogP contribution in [0.1, 0.15) is 17.0 Å². The van der Waals surface area contributed by atoms with Crippen molar-refractivity contribution in [3.05, 3.63) is 65.2 Å². The maximum atomic E-state index is 13.3. The number of alkyl halides is 1. The van der Waals surface area contributed by atoms with E-state index in [1.54, 1.807) is 12.1 Å². The van der Waals surface area contributed by atoms with Crippen molar-refractivity contribution in [3.8, 4) is 6.07 Å². The number of imidazole rings is 1. The lowest BCUT2D eigenvalue weighted by Crippen LogP contribution is -2.04. The molecule has 0 saturated carbocycles. The van der Waals surface area contributed by atoms with Crippen LogP contribution in [0.5, 0.6) is 0 Å². The van der Waals surface area contributed by atoms with Gasteiger partial charge < -0.3 is 4.57 Å². The van der Waals surface area contributed by atoms with Gasteiger partial charge in [-0.25, -0.2) is 9.37 Å². The van der Waals surface area contributed by atoms with Crippen molar-refractivity contribution in [1.82, 2.24) is 9.55 Å². The number of hydrogen-bond acceptors (Lipinski definition) is 2. The highest BCUT2D eigenvalue weighted by Crippen LogP contribution is 2.22. The van der Waals surface area contributed by atoms with Crippen LogP contribution in [0.25, 0.3) is 11.0 Å². The summed E-state index contributed by atoms with van der Waals surface area (Å²) in [5.41, 5.74) is 2.79. The predicted octanol–water partition coefficient (Wildman–Crippen LogP) is 3.83. The highest BCUT2D eigenvalue weighted by Gasteiger charge is 2.13. The Morgan fingerprint density at radius 3 is 2.76 bits per heavy atom. The SMILES string of the molecule is N#Cc1cccc2c1nc(CCl)n2Cc1cccc(F)c1. The Bertz CT molecular complexity index is 848. The third kappa shape index (κ3) is 2.48. The molecule has 5 heteroatoms. The molecule has 2 aromatic carbocycles. The van der Waals surface area contributed by atoms with Gasteiger partial charge in [-0.2, -0.15) is 5.26 Å². The normalized spacial score (nSPS) is 10.7. The molecule has 21 heavy (non-hydrogen) atoms. The van der Waals surface area contributed by atoms with Crippen LogP contribution < -0.4 is 0 Å². The number of fused-ring (bicyclic) bond motifs is 1. The fourth-order valence-electron chi connectivity index (χ4n) is 2.38. The minimum Gasteiger partial charge on any atom is -0.322 e. The first kappa shape index (κ1) is 13.6. The van der Waals surface area contributed by atoms with Crippen molar-refractivity contribution in [1.29, 1.82) is 5.26 Å². The van der Waals surface area contributed by atoms with Gasteiger partial charge in [0.25, 0.3) is 0 Å². The smallest absolute Gasteiger partial charge is 0.125 e. The molecule has 0 bridgehead atoms. The highest BCUT2D eigenvalue weighted by atomic mass is 35.5. The standard InChI is InChI=1S/C16H11ClFN3/c17-8-15-20-16-12(9-19)4-2-6-14(16)21(15)10-11-3-1-5-13(18)7-11/h1-7H,8,10H2. The van der Waals surface area contributed by atoms with Crippen LogP contribution in [-0.2, 0) is 12.4 Å². The van der Waals surface area contributed by atoms with Gasteiger partial charge in [0.15, 0.2) is 0 Å². The Kier molecular flexibility index (Phi) is 3.59. The molecule has 3 rings (SSSR count). The molecular formula is C16H11ClFN3. The van der Waals surface area contributed by atoms with Crippen LogP contribution in [-0.4, -0.2) is 9.55 Å². The van der Waals surface area contributed by atoms with E-state index >= 15 is 0 Å². The Labute approximate surface area is 126 Å². The largest absolute Gasteiger partial charge is 0.322 e. The lowest BCUT2D eigenvalue weighted by Gasteiger charge is -2.08. The topological polar surface area (TPSA) is 41.6 Å². The quantitative estimate of drug-likeness (QED) is 0.690. The zero-order chi connectivity index (χ0) is 14.8. The Morgan fingerprint density at radius 1 is 1.24 bits per heavy atom. The molecule has 0 aliphatic rings. The molecular weight excluding hydrogens is 289 g/mol. The van der Waals surface area contributed by atoms with E-state index in [1.807, 2.05) is 22.8 Å². The molecule has 0 spiro atoms. The van der Waals surface area contributed by atoms with Crippen LogP contribution in [0.2, 0.25) is 0 Å². The third-order valence-electron chi connectivity index (χ3n) is 3.33. The van der Waals surface area contributed by atoms with Crippen molar-refractivity contribution in [3.63, 3.8) is 0 Å². The van der Waals surface area contributed by atoms with Crippen molar-refractivity contribution in [2.24, 2.45) is 0 Å². The summed E-state index contributed by atoms with van der Waals surface area (Å²) in [4.78, 5) is 4.44. The molecule has 0 aliphatic carbocycles. The third-order valence-corrected chi connectivity index (χ3v) is 3.57. The summed E-state index contributed by atoms with van der Waals surface area (Å²) >= 11 is 5.96. The van der Waals surface area contributed by atoms with Crippen molar-refractivity contribution in [2.75, 3.05) is 0 Å². The van der Waals surface area contributed by atoms with Gasteiger partial charge in [0, 0.05) is 6.54 Å². The molecule has 0 amide bonds. The van der Waals surface area contributed by atoms with Gasteiger partial charge in [-0.1, -0.05) is 18.2 Å². The predicted molar refractivity (Wildman–Crippen MR) is 79.5 cm³/mol. The average molecular weight is 300 g/mol. The van der Waals surface area contributed by atoms with E-state index in [4.69, 9.17) is 16.9 Å². The maximum Gasteiger partial charge on any atom is 0.125 e. The van der Waals surface area contributed by atoms with Gasteiger partial charge in [0.2, 0.25) is 0 Å². The Balaban J connectivity index is 2.15. The molecule has 3 nitrogen and oxygen atoms in total. The van der Waals surface area contributed by atoms with Crippen LogP contribution in [0.4, 0.5) is 4.39 Å². The zero-order valence-electron chi connectivity index (χ0n) is 11.1. The molecule has 0 saturated heterocycles. The summed E-state index contributed by atoms with van der Waals surface area (Å²) in [5, 5.41) is 9.15. The Morgan fingerprint density at radius 2 is 2.05 bits per heavy atom. The van der Waals surface area contributed by atoms with Crippen LogP contribution >= 0.6 is 11.6 Å². The van der Waals surface area contributed by atoms with Gasteiger partial charge in [-0.3, -0.25) is 0 Å². The van der Waals surface area contributed by atoms with Gasteiger partial charge in [-0.15, -0.1) is 11.6 Å². The summed E-state index contributed by atoms with van der Waals surface area (Å²) in [7, 11) is 0. The molecule has 104 valence electrons. The van der Waals surface area contributed by atoms with Crippen LogP contribution in [0.3, 0.4) is 0 Å². The van der Waals surface area contributed by atoms with Crippen molar-refractivity contribution < 1.29 is 4.39 Å². The maximum absolute atomic E-state index is 13.3. The molecule has 1 heterocycles. The number of rotatable bonds is 3. The fraction of sp³-hybridized carbons (Fsp3) is 0.125. The molecule has 0 aliphatic heterocycles. The summed E-state index contributed by atoms with van der Waals surface area (Å²) in [6.07, 6.45) is 0. The van der Waals surface area contributed by atoms with E-state index in [1.165, 1.54) is 12.1 Å². The summed E-state index contributed by atoms with van der Waals surface area (Å²) in [5.74, 6) is 0.621. The zero-order valence-corrected chi connectivity index (χ0v) is 11.8. The second-order valence-corrected chi connectivity index (χ2v) is 4.93. The van der Waals surface area contributed by atoms with E-state index in [9.17, 15) is 4.39 Å². The molecule has 0 atom stereocenters. The number of hydrogen-bond donors (Lipinski definition) is 0. The number of para-hydroxylation sites is 1. The summed E-state index contributed by atoms with van der Waals surface area (Å²) in [6, 6.07) is 14.0. The minimum atomic E-state index is -0.276. The van der Waals surface area contributed by atoms with Crippen LogP contribution in [0, 0.1) is 17.1 Å². The second kappa shape index (κ2) is 5.55. The first-order valence-electron chi connectivity index (χ1n) is 6.41. The Hall–Kier alpha value is -2.38. The van der Waals surface area contributed by atoms with Gasteiger partial charge in [-0.05, 0) is 29.8 Å². The number of aromatic nitrogens is 2. The van der Waals surface area contributed by atoms with Gasteiger partial charge in [0.1, 0.15) is 23.2 Å². The number of halogens is 2. The lowest BCUT2D eigenvalue weighted by molar-refractivity contribution is 0.623. The van der Waals surface area contributed by atoms with Gasteiger partial charge >= 0.3 is 0 Å². The van der Waals surface area contributed by atoms with E-state index < -0.39 is 0 Å². The molecule has 3 aromatic rings. The van der Waals surface area contributed by atoms with E-state index in [-0.39, 0.29) is 11.7 Å². The van der Waals surface area contributed by atoms with E-state index in [0.717, 1.165) is 11.1 Å². The fourth-order valence-corrected chi connectivity index (χ4v) is 2.59. The number of nitrogens with zero attached hydrogens (tertiary/aromatic N) is 3. The minimum absolute atomic E-state index is 0.231. The molecule has 1 aromatic heterocycles.